The molecule has 0 saturated heterocycles. The lowest BCUT2D eigenvalue weighted by Crippen LogP contribution is -2.11. The van der Waals surface area contributed by atoms with E-state index in [4.69, 9.17) is 4.74 Å². The maximum atomic E-state index is 12.9. The van der Waals surface area contributed by atoms with Gasteiger partial charge in [0.15, 0.2) is 0 Å². The van der Waals surface area contributed by atoms with Crippen LogP contribution in [0.3, 0.4) is 0 Å². The van der Waals surface area contributed by atoms with Crippen LogP contribution in [0.15, 0.2) is 53.0 Å². The van der Waals surface area contributed by atoms with Crippen LogP contribution in [0.4, 0.5) is 4.39 Å². The van der Waals surface area contributed by atoms with Crippen molar-refractivity contribution in [3.05, 3.63) is 58.8 Å². The van der Waals surface area contributed by atoms with Crippen LogP contribution in [0.1, 0.15) is 0 Å². The minimum Gasteiger partial charge on any atom is -0.492 e. The molecule has 1 aromatic heterocycles. The lowest BCUT2D eigenvalue weighted by Gasteiger charge is -2.04. The van der Waals surface area contributed by atoms with E-state index in [2.05, 4.69) is 31.3 Å². The largest absolute Gasteiger partial charge is 0.492 e. The zero-order valence-corrected chi connectivity index (χ0v) is 13.1. The van der Waals surface area contributed by atoms with Crippen LogP contribution in [-0.4, -0.2) is 26.8 Å². The molecule has 0 radical (unpaired) electrons. The molecule has 112 valence electrons. The molecule has 0 atom stereocenters. The van der Waals surface area contributed by atoms with Gasteiger partial charge in [0, 0.05) is 10.0 Å². The van der Waals surface area contributed by atoms with Gasteiger partial charge >= 0.3 is 0 Å². The summed E-state index contributed by atoms with van der Waals surface area (Å²) in [5.41, 5.74) is 0.724. The SMILES string of the molecule is Fc1ccc(-c2nnn(CCOc3ccc(Br)cc3)n2)cc1. The number of aromatic nitrogens is 4. The van der Waals surface area contributed by atoms with Crippen molar-refractivity contribution in [3.8, 4) is 17.1 Å². The Morgan fingerprint density at radius 1 is 1.05 bits per heavy atom. The third kappa shape index (κ3) is 3.67. The molecule has 1 heterocycles. The van der Waals surface area contributed by atoms with Gasteiger partial charge in [0.2, 0.25) is 5.82 Å². The molecule has 0 bridgehead atoms. The minimum atomic E-state index is -0.293. The second-order valence-electron chi connectivity index (χ2n) is 4.52. The molecule has 0 saturated carbocycles. The molecule has 0 N–H and O–H groups in total. The Hall–Kier alpha value is -2.28. The summed E-state index contributed by atoms with van der Waals surface area (Å²) in [6.45, 7) is 0.908. The minimum absolute atomic E-state index is 0.293. The van der Waals surface area contributed by atoms with E-state index >= 15 is 0 Å². The van der Waals surface area contributed by atoms with Crippen LogP contribution in [-0.2, 0) is 6.54 Å². The van der Waals surface area contributed by atoms with Gasteiger partial charge in [0.05, 0.1) is 6.54 Å². The normalized spacial score (nSPS) is 10.6. The molecular weight excluding hydrogens is 351 g/mol. The highest BCUT2D eigenvalue weighted by molar-refractivity contribution is 9.10. The number of benzene rings is 2. The van der Waals surface area contributed by atoms with Crippen LogP contribution in [0, 0.1) is 5.82 Å². The molecule has 0 spiro atoms. The van der Waals surface area contributed by atoms with Crippen molar-refractivity contribution in [1.82, 2.24) is 20.2 Å². The van der Waals surface area contributed by atoms with Crippen molar-refractivity contribution < 1.29 is 9.13 Å². The summed E-state index contributed by atoms with van der Waals surface area (Å²) < 4.78 is 19.5. The predicted octanol–water partition coefficient (Wildman–Crippen LogP) is 3.32. The highest BCUT2D eigenvalue weighted by Crippen LogP contribution is 2.16. The van der Waals surface area contributed by atoms with Gasteiger partial charge in [-0.25, -0.2) is 4.39 Å². The number of hydrogen-bond acceptors (Lipinski definition) is 4. The second-order valence-corrected chi connectivity index (χ2v) is 5.43. The Morgan fingerprint density at radius 2 is 1.77 bits per heavy atom. The summed E-state index contributed by atoms with van der Waals surface area (Å²) >= 11 is 3.37. The lowest BCUT2D eigenvalue weighted by molar-refractivity contribution is 0.280. The van der Waals surface area contributed by atoms with Crippen LogP contribution in [0.25, 0.3) is 11.4 Å². The van der Waals surface area contributed by atoms with Crippen molar-refractivity contribution in [2.75, 3.05) is 6.61 Å². The number of ether oxygens (including phenoxy) is 1. The van der Waals surface area contributed by atoms with Crippen LogP contribution < -0.4 is 4.74 Å². The van der Waals surface area contributed by atoms with Gasteiger partial charge in [-0.2, -0.15) is 4.80 Å². The van der Waals surface area contributed by atoms with Crippen LogP contribution in [0.2, 0.25) is 0 Å². The predicted molar refractivity (Wildman–Crippen MR) is 82.8 cm³/mol. The molecule has 22 heavy (non-hydrogen) atoms. The van der Waals surface area contributed by atoms with E-state index in [9.17, 15) is 4.39 Å². The van der Waals surface area contributed by atoms with Gasteiger partial charge in [-0.3, -0.25) is 0 Å². The van der Waals surface area contributed by atoms with Crippen molar-refractivity contribution in [2.24, 2.45) is 0 Å². The number of tetrazole rings is 1. The average molecular weight is 363 g/mol. The molecule has 3 aromatic rings. The monoisotopic (exact) mass is 362 g/mol. The third-order valence-electron chi connectivity index (χ3n) is 2.93. The number of halogens is 2. The summed E-state index contributed by atoms with van der Waals surface area (Å²) in [6.07, 6.45) is 0. The number of nitrogens with zero attached hydrogens (tertiary/aromatic N) is 4. The molecule has 0 unspecified atom stereocenters. The van der Waals surface area contributed by atoms with E-state index in [1.165, 1.54) is 16.9 Å². The highest BCUT2D eigenvalue weighted by atomic mass is 79.9. The van der Waals surface area contributed by atoms with Crippen LogP contribution >= 0.6 is 15.9 Å². The fourth-order valence-electron chi connectivity index (χ4n) is 1.83. The van der Waals surface area contributed by atoms with Gasteiger partial charge in [0.1, 0.15) is 18.2 Å². The first-order valence-corrected chi connectivity index (χ1v) is 7.42. The highest BCUT2D eigenvalue weighted by Gasteiger charge is 2.06. The maximum absolute atomic E-state index is 12.9. The Balaban J connectivity index is 1.57. The molecule has 5 nitrogen and oxygen atoms in total. The summed E-state index contributed by atoms with van der Waals surface area (Å²) in [6, 6.07) is 13.6. The van der Waals surface area contributed by atoms with Crippen molar-refractivity contribution in [3.63, 3.8) is 0 Å². The van der Waals surface area contributed by atoms with E-state index in [1.54, 1.807) is 12.1 Å². The van der Waals surface area contributed by atoms with Gasteiger partial charge in [-0.05, 0) is 53.7 Å². The number of rotatable bonds is 5. The van der Waals surface area contributed by atoms with Crippen molar-refractivity contribution >= 4 is 15.9 Å². The van der Waals surface area contributed by atoms with Crippen molar-refractivity contribution in [2.45, 2.75) is 6.54 Å². The summed E-state index contributed by atoms with van der Waals surface area (Å²) in [7, 11) is 0. The van der Waals surface area contributed by atoms with Crippen molar-refractivity contribution in [1.29, 1.82) is 0 Å². The molecule has 3 rings (SSSR count). The molecular formula is C15H12BrFN4O. The van der Waals surface area contributed by atoms with Gasteiger partial charge < -0.3 is 4.74 Å². The average Bonchev–Trinajstić information content (AvgIpc) is 2.99. The molecule has 0 amide bonds. The molecule has 2 aromatic carbocycles. The topological polar surface area (TPSA) is 52.8 Å². The van der Waals surface area contributed by atoms with Gasteiger partial charge in [0.25, 0.3) is 0 Å². The third-order valence-corrected chi connectivity index (χ3v) is 3.46. The Morgan fingerprint density at radius 3 is 2.50 bits per heavy atom. The second kappa shape index (κ2) is 6.65. The standard InChI is InChI=1S/C15H12BrFN4O/c16-12-3-7-14(8-4-12)22-10-9-21-19-15(18-20-21)11-1-5-13(17)6-2-11/h1-8H,9-10H2. The lowest BCUT2D eigenvalue weighted by atomic mass is 10.2. The molecule has 0 aliphatic carbocycles. The summed E-state index contributed by atoms with van der Waals surface area (Å²) in [5.74, 6) is 0.949. The van der Waals surface area contributed by atoms with E-state index in [1.807, 2.05) is 24.3 Å². The summed E-state index contributed by atoms with van der Waals surface area (Å²) in [4.78, 5) is 1.46. The quantitative estimate of drug-likeness (QED) is 0.698. The molecule has 0 aliphatic rings. The Kier molecular flexibility index (Phi) is 4.43. The maximum Gasteiger partial charge on any atom is 0.204 e. The van der Waals surface area contributed by atoms with Gasteiger partial charge in [-0.15, -0.1) is 10.2 Å². The van der Waals surface area contributed by atoms with E-state index in [0.717, 1.165) is 15.8 Å². The first-order chi connectivity index (χ1) is 10.7. The van der Waals surface area contributed by atoms with Gasteiger partial charge in [-0.1, -0.05) is 15.9 Å². The fraction of sp³-hybridized carbons (Fsp3) is 0.133. The smallest absolute Gasteiger partial charge is 0.204 e. The zero-order chi connectivity index (χ0) is 15.4. The molecule has 0 aliphatic heterocycles. The Labute approximate surface area is 134 Å². The summed E-state index contributed by atoms with van der Waals surface area (Å²) in [5, 5.41) is 12.1. The number of hydrogen-bond donors (Lipinski definition) is 0. The zero-order valence-electron chi connectivity index (χ0n) is 11.5. The van der Waals surface area contributed by atoms with E-state index in [-0.39, 0.29) is 5.82 Å². The first kappa shape index (κ1) is 14.6. The van der Waals surface area contributed by atoms with Crippen LogP contribution in [0.5, 0.6) is 5.75 Å². The fourth-order valence-corrected chi connectivity index (χ4v) is 2.09. The molecule has 7 heteroatoms. The van der Waals surface area contributed by atoms with E-state index in [0.29, 0.717) is 19.0 Å². The van der Waals surface area contributed by atoms with E-state index < -0.39 is 0 Å². The molecule has 0 fully saturated rings. The Bertz CT molecular complexity index is 743. The first-order valence-electron chi connectivity index (χ1n) is 6.63.